The van der Waals surface area contributed by atoms with Crippen LogP contribution in [-0.4, -0.2) is 44.4 Å². The highest BCUT2D eigenvalue weighted by Crippen LogP contribution is 2.25. The van der Waals surface area contributed by atoms with Crippen LogP contribution in [0.3, 0.4) is 0 Å². The van der Waals surface area contributed by atoms with Gasteiger partial charge in [-0.3, -0.25) is 4.90 Å². The number of morpholine rings is 1. The normalized spacial score (nSPS) is 23.0. The molecular formula is C14H21N5O3. The Hall–Kier alpha value is -1.80. The second-order valence-electron chi connectivity index (χ2n) is 5.64. The molecule has 0 aliphatic carbocycles. The summed E-state index contributed by atoms with van der Waals surface area (Å²) < 4.78 is 16.6. The summed E-state index contributed by atoms with van der Waals surface area (Å²) in [5.74, 6) is 2.47. The zero-order chi connectivity index (χ0) is 15.5. The Bertz CT molecular complexity index is 611. The summed E-state index contributed by atoms with van der Waals surface area (Å²) in [4.78, 5) is 6.63. The van der Waals surface area contributed by atoms with Crippen LogP contribution in [-0.2, 0) is 17.7 Å². The van der Waals surface area contributed by atoms with Crippen molar-refractivity contribution in [2.75, 3.05) is 13.1 Å². The molecule has 8 nitrogen and oxygen atoms in total. The molecule has 0 radical (unpaired) electrons. The van der Waals surface area contributed by atoms with Gasteiger partial charge in [-0.1, -0.05) is 12.1 Å². The van der Waals surface area contributed by atoms with Crippen molar-refractivity contribution in [3.8, 4) is 0 Å². The van der Waals surface area contributed by atoms with Crippen molar-refractivity contribution in [3.05, 3.63) is 23.5 Å². The second kappa shape index (κ2) is 6.53. The lowest BCUT2D eigenvalue weighted by atomic mass is 10.2. The van der Waals surface area contributed by atoms with E-state index in [1.807, 2.05) is 6.92 Å². The van der Waals surface area contributed by atoms with Gasteiger partial charge in [0.05, 0.1) is 12.6 Å². The SMILES string of the molecule is CCCc1nc(CN2C[C@@H](C)O[C@@H](c3nnc(C)o3)C2)no1. The molecule has 120 valence electrons. The van der Waals surface area contributed by atoms with Crippen molar-refractivity contribution in [1.82, 2.24) is 25.2 Å². The lowest BCUT2D eigenvalue weighted by Gasteiger charge is -2.34. The molecule has 0 N–H and O–H groups in total. The largest absolute Gasteiger partial charge is 0.423 e. The van der Waals surface area contributed by atoms with Gasteiger partial charge in [-0.05, 0) is 13.3 Å². The standard InChI is InChI=1S/C14H21N5O3/c1-4-5-13-15-12(18-22-13)8-19-6-9(2)20-11(7-19)14-17-16-10(3)21-14/h9,11H,4-8H2,1-3H3/t9-,11-/m1/s1. The monoisotopic (exact) mass is 307 g/mol. The summed E-state index contributed by atoms with van der Waals surface area (Å²) in [5, 5.41) is 12.0. The number of aryl methyl sites for hydroxylation is 2. The van der Waals surface area contributed by atoms with Crippen LogP contribution in [0.25, 0.3) is 0 Å². The fourth-order valence-corrected chi connectivity index (χ4v) is 2.62. The van der Waals surface area contributed by atoms with Crippen molar-refractivity contribution in [2.45, 2.75) is 52.4 Å². The van der Waals surface area contributed by atoms with Crippen molar-refractivity contribution in [1.29, 1.82) is 0 Å². The molecule has 0 bridgehead atoms. The van der Waals surface area contributed by atoms with E-state index in [0.717, 1.165) is 19.4 Å². The zero-order valence-corrected chi connectivity index (χ0v) is 13.2. The Balaban J connectivity index is 1.65. The molecule has 1 aliphatic heterocycles. The van der Waals surface area contributed by atoms with E-state index in [0.29, 0.717) is 36.6 Å². The first-order valence-electron chi connectivity index (χ1n) is 7.63. The minimum absolute atomic E-state index is 0.0768. The molecule has 0 saturated carbocycles. The van der Waals surface area contributed by atoms with Crippen molar-refractivity contribution in [2.24, 2.45) is 0 Å². The van der Waals surface area contributed by atoms with Gasteiger partial charge in [0.2, 0.25) is 17.7 Å². The maximum Gasteiger partial charge on any atom is 0.246 e. The molecule has 3 rings (SSSR count). The fourth-order valence-electron chi connectivity index (χ4n) is 2.62. The minimum Gasteiger partial charge on any atom is -0.423 e. The molecule has 2 atom stereocenters. The van der Waals surface area contributed by atoms with Gasteiger partial charge in [-0.15, -0.1) is 10.2 Å². The van der Waals surface area contributed by atoms with Gasteiger partial charge in [0.15, 0.2) is 5.82 Å². The van der Waals surface area contributed by atoms with Gasteiger partial charge in [0.1, 0.15) is 6.10 Å². The molecular weight excluding hydrogens is 286 g/mol. The van der Waals surface area contributed by atoms with E-state index in [9.17, 15) is 0 Å². The van der Waals surface area contributed by atoms with Crippen LogP contribution >= 0.6 is 0 Å². The maximum absolute atomic E-state index is 5.90. The summed E-state index contributed by atoms with van der Waals surface area (Å²) in [6, 6.07) is 0. The van der Waals surface area contributed by atoms with E-state index in [4.69, 9.17) is 13.7 Å². The Labute approximate surface area is 128 Å². The molecule has 8 heteroatoms. The first-order valence-corrected chi connectivity index (χ1v) is 7.63. The molecule has 1 aliphatic rings. The number of rotatable bonds is 5. The molecule has 22 heavy (non-hydrogen) atoms. The molecule has 1 fully saturated rings. The van der Waals surface area contributed by atoms with E-state index in [1.165, 1.54) is 0 Å². The Morgan fingerprint density at radius 3 is 2.86 bits per heavy atom. The lowest BCUT2D eigenvalue weighted by molar-refractivity contribution is -0.0923. The van der Waals surface area contributed by atoms with Gasteiger partial charge < -0.3 is 13.7 Å². The topological polar surface area (TPSA) is 90.3 Å². The first-order chi connectivity index (χ1) is 10.6. The van der Waals surface area contributed by atoms with E-state index in [2.05, 4.69) is 32.2 Å². The Morgan fingerprint density at radius 1 is 1.27 bits per heavy atom. The number of ether oxygens (including phenoxy) is 1. The van der Waals surface area contributed by atoms with Gasteiger partial charge in [0.25, 0.3) is 0 Å². The van der Waals surface area contributed by atoms with Crippen molar-refractivity contribution < 1.29 is 13.7 Å². The van der Waals surface area contributed by atoms with Gasteiger partial charge in [-0.25, -0.2) is 0 Å². The van der Waals surface area contributed by atoms with Crippen LogP contribution in [0.4, 0.5) is 0 Å². The third-order valence-corrected chi connectivity index (χ3v) is 3.49. The average molecular weight is 307 g/mol. The highest BCUT2D eigenvalue weighted by atomic mass is 16.5. The Kier molecular flexibility index (Phi) is 4.49. The molecule has 0 spiro atoms. The number of aromatic nitrogens is 4. The highest BCUT2D eigenvalue weighted by molar-refractivity contribution is 4.93. The summed E-state index contributed by atoms with van der Waals surface area (Å²) in [5.41, 5.74) is 0. The highest BCUT2D eigenvalue weighted by Gasteiger charge is 2.30. The number of nitrogens with zero attached hydrogens (tertiary/aromatic N) is 5. The smallest absolute Gasteiger partial charge is 0.246 e. The number of hydrogen-bond acceptors (Lipinski definition) is 8. The van der Waals surface area contributed by atoms with E-state index < -0.39 is 0 Å². The molecule has 0 unspecified atom stereocenters. The molecule has 1 saturated heterocycles. The summed E-state index contributed by atoms with van der Waals surface area (Å²) in [7, 11) is 0. The Morgan fingerprint density at radius 2 is 2.14 bits per heavy atom. The quantitative estimate of drug-likeness (QED) is 0.824. The van der Waals surface area contributed by atoms with Gasteiger partial charge >= 0.3 is 0 Å². The summed E-state index contributed by atoms with van der Waals surface area (Å²) in [6.45, 7) is 8.00. The lowest BCUT2D eigenvalue weighted by Crippen LogP contribution is -2.42. The minimum atomic E-state index is -0.216. The maximum atomic E-state index is 5.90. The predicted molar refractivity (Wildman–Crippen MR) is 75.9 cm³/mol. The van der Waals surface area contributed by atoms with Crippen LogP contribution in [0.5, 0.6) is 0 Å². The third-order valence-electron chi connectivity index (χ3n) is 3.49. The number of hydrogen-bond donors (Lipinski definition) is 0. The van der Waals surface area contributed by atoms with Crippen LogP contribution in [0.1, 0.15) is 49.9 Å². The molecule has 0 amide bonds. The predicted octanol–water partition coefficient (Wildman–Crippen LogP) is 1.68. The molecule has 0 aromatic carbocycles. The fraction of sp³-hybridized carbons (Fsp3) is 0.714. The van der Waals surface area contributed by atoms with E-state index >= 15 is 0 Å². The average Bonchev–Trinajstić information content (AvgIpc) is 3.08. The second-order valence-corrected chi connectivity index (χ2v) is 5.64. The van der Waals surface area contributed by atoms with Crippen LogP contribution in [0.2, 0.25) is 0 Å². The van der Waals surface area contributed by atoms with E-state index in [-0.39, 0.29) is 12.2 Å². The van der Waals surface area contributed by atoms with Crippen molar-refractivity contribution >= 4 is 0 Å². The molecule has 2 aromatic rings. The van der Waals surface area contributed by atoms with Crippen LogP contribution in [0, 0.1) is 6.92 Å². The zero-order valence-electron chi connectivity index (χ0n) is 13.2. The third kappa shape index (κ3) is 3.50. The van der Waals surface area contributed by atoms with Crippen LogP contribution in [0.15, 0.2) is 8.94 Å². The summed E-state index contributed by atoms with van der Waals surface area (Å²) in [6.07, 6.45) is 1.67. The van der Waals surface area contributed by atoms with E-state index in [1.54, 1.807) is 6.92 Å². The van der Waals surface area contributed by atoms with Gasteiger partial charge in [0, 0.05) is 26.4 Å². The molecule has 3 heterocycles. The molecule has 2 aromatic heterocycles. The van der Waals surface area contributed by atoms with Crippen LogP contribution < -0.4 is 0 Å². The summed E-state index contributed by atoms with van der Waals surface area (Å²) >= 11 is 0. The van der Waals surface area contributed by atoms with Gasteiger partial charge in [-0.2, -0.15) is 4.98 Å². The van der Waals surface area contributed by atoms with Crippen molar-refractivity contribution in [3.63, 3.8) is 0 Å². The first kappa shape index (κ1) is 15.1.